The summed E-state index contributed by atoms with van der Waals surface area (Å²) in [6.07, 6.45) is 20.7. The zero-order valence-corrected chi connectivity index (χ0v) is 27.3. The van der Waals surface area contributed by atoms with Gasteiger partial charge in [-0.1, -0.05) is 65.2 Å². The quantitative estimate of drug-likeness (QED) is 0.146. The molecule has 0 aromatic heterocycles. The Morgan fingerprint density at radius 3 is 2.12 bits per heavy atom. The number of nitrogens with zero attached hydrogens (tertiary/aromatic N) is 2. The number of ether oxygens (including phenoxy) is 1. The highest BCUT2D eigenvalue weighted by Gasteiger charge is 2.41. The number of anilines is 2. The monoisotopic (exact) mass is 582 g/mol. The highest BCUT2D eigenvalue weighted by molar-refractivity contribution is 5.76. The third kappa shape index (κ3) is 10.6. The van der Waals surface area contributed by atoms with Gasteiger partial charge in [-0.05, 0) is 86.8 Å². The number of nitrogens with two attached hydrogens (primary N) is 1. The fourth-order valence-corrected chi connectivity index (χ4v) is 8.53. The van der Waals surface area contributed by atoms with Crippen molar-refractivity contribution in [2.45, 2.75) is 117 Å². The number of amides is 1. The van der Waals surface area contributed by atoms with Crippen molar-refractivity contribution in [3.8, 4) is 5.75 Å². The van der Waals surface area contributed by atoms with Gasteiger partial charge < -0.3 is 20.7 Å². The summed E-state index contributed by atoms with van der Waals surface area (Å²) >= 11 is 0. The van der Waals surface area contributed by atoms with E-state index in [1.807, 2.05) is 6.07 Å². The number of carbonyl (C=O) groups is 1. The molecule has 42 heavy (non-hydrogen) atoms. The van der Waals surface area contributed by atoms with Gasteiger partial charge in [-0.3, -0.25) is 9.69 Å². The van der Waals surface area contributed by atoms with Gasteiger partial charge in [0.1, 0.15) is 5.75 Å². The van der Waals surface area contributed by atoms with Crippen LogP contribution in [0.5, 0.6) is 5.75 Å². The first-order chi connectivity index (χ1) is 20.3. The Kier molecular flexibility index (Phi) is 13.2. The van der Waals surface area contributed by atoms with Crippen molar-refractivity contribution in [1.82, 2.24) is 10.2 Å². The van der Waals surface area contributed by atoms with E-state index in [0.29, 0.717) is 11.6 Å². The number of hydrogen-bond donors (Lipinski definition) is 2. The van der Waals surface area contributed by atoms with Gasteiger partial charge in [-0.2, -0.15) is 0 Å². The van der Waals surface area contributed by atoms with Gasteiger partial charge in [-0.15, -0.1) is 0 Å². The van der Waals surface area contributed by atoms with Crippen LogP contribution in [0.3, 0.4) is 0 Å². The minimum absolute atomic E-state index is 0.238. The van der Waals surface area contributed by atoms with Crippen molar-refractivity contribution < 1.29 is 9.53 Å². The maximum Gasteiger partial charge on any atom is 0.220 e. The second-order valence-electron chi connectivity index (χ2n) is 14.6. The lowest BCUT2D eigenvalue weighted by atomic mass is 9.58. The van der Waals surface area contributed by atoms with Crippen LogP contribution in [0.4, 0.5) is 11.4 Å². The number of nitrogens with one attached hydrogen (secondary N) is 1. The molecule has 0 radical (unpaired) electrons. The molecule has 3 fully saturated rings. The van der Waals surface area contributed by atoms with Gasteiger partial charge in [0.15, 0.2) is 0 Å². The van der Waals surface area contributed by atoms with Crippen LogP contribution in [0.25, 0.3) is 0 Å². The lowest BCUT2D eigenvalue weighted by Gasteiger charge is -2.47. The Hall–Kier alpha value is -1.95. The second kappa shape index (κ2) is 16.8. The molecule has 6 nitrogen and oxygen atoms in total. The fourth-order valence-electron chi connectivity index (χ4n) is 8.53. The largest absolute Gasteiger partial charge is 0.495 e. The molecule has 1 saturated heterocycles. The molecule has 1 amide bonds. The fraction of sp³-hybridized carbons (Fsp3) is 0.806. The molecule has 238 valence electrons. The van der Waals surface area contributed by atoms with Gasteiger partial charge in [0, 0.05) is 50.9 Å². The summed E-state index contributed by atoms with van der Waals surface area (Å²) in [4.78, 5) is 17.7. The van der Waals surface area contributed by atoms with Crippen molar-refractivity contribution in [2.75, 3.05) is 57.0 Å². The summed E-state index contributed by atoms with van der Waals surface area (Å²) in [5.74, 6) is 3.69. The maximum absolute atomic E-state index is 12.6. The number of fused-ring (bicyclic) bond motifs is 2. The lowest BCUT2D eigenvalue weighted by Crippen LogP contribution is -2.46. The van der Waals surface area contributed by atoms with E-state index in [1.54, 1.807) is 7.11 Å². The molecule has 2 unspecified atom stereocenters. The molecule has 1 aromatic rings. The minimum Gasteiger partial charge on any atom is -0.495 e. The van der Waals surface area contributed by atoms with Crippen LogP contribution in [0.1, 0.15) is 117 Å². The molecule has 1 heterocycles. The van der Waals surface area contributed by atoms with E-state index < -0.39 is 0 Å². The Balaban J connectivity index is 0.920. The zero-order valence-electron chi connectivity index (χ0n) is 27.3. The molecule has 2 aliphatic carbocycles. The van der Waals surface area contributed by atoms with Crippen molar-refractivity contribution in [2.24, 2.45) is 23.2 Å². The standard InChI is InChI=1S/C36H62N4O2/c1-29-22-30-24-31(23-29)27-36(2,26-30)28-35(41)38-16-12-10-8-6-4-5-7-9-11-13-17-39-18-20-40(21-19-39)32-14-15-33(37)34(25-32)42-3/h14-15,25,29-31H,4-13,16-24,26-28,37H2,1-3H3,(H,38,41). The van der Waals surface area contributed by atoms with Crippen molar-refractivity contribution in [3.63, 3.8) is 0 Å². The van der Waals surface area contributed by atoms with E-state index in [1.165, 1.54) is 102 Å². The summed E-state index contributed by atoms with van der Waals surface area (Å²) in [5, 5.41) is 3.25. The van der Waals surface area contributed by atoms with Gasteiger partial charge in [0.25, 0.3) is 0 Å². The van der Waals surface area contributed by atoms with E-state index in [2.05, 4.69) is 41.1 Å². The van der Waals surface area contributed by atoms with Crippen LogP contribution in [0.15, 0.2) is 18.2 Å². The first kappa shape index (κ1) is 33.0. The van der Waals surface area contributed by atoms with Crippen LogP contribution >= 0.6 is 0 Å². The van der Waals surface area contributed by atoms with Crippen molar-refractivity contribution in [3.05, 3.63) is 18.2 Å². The predicted molar refractivity (Wildman–Crippen MR) is 177 cm³/mol. The molecule has 2 saturated carbocycles. The average Bonchev–Trinajstić information content (AvgIpc) is 2.95. The van der Waals surface area contributed by atoms with Gasteiger partial charge in [0.05, 0.1) is 12.8 Å². The van der Waals surface area contributed by atoms with Gasteiger partial charge in [0.2, 0.25) is 5.91 Å². The van der Waals surface area contributed by atoms with E-state index in [0.717, 1.165) is 69.1 Å². The third-order valence-corrected chi connectivity index (χ3v) is 10.5. The van der Waals surface area contributed by atoms with Crippen molar-refractivity contribution >= 4 is 17.3 Å². The first-order valence-corrected chi connectivity index (χ1v) is 17.5. The van der Waals surface area contributed by atoms with Gasteiger partial charge in [-0.25, -0.2) is 0 Å². The van der Waals surface area contributed by atoms with E-state index in [9.17, 15) is 4.79 Å². The van der Waals surface area contributed by atoms with Crippen molar-refractivity contribution in [1.29, 1.82) is 0 Å². The second-order valence-corrected chi connectivity index (χ2v) is 14.6. The molecule has 2 atom stereocenters. The SMILES string of the molecule is COc1cc(N2CCN(CCCCCCCCCCCCNC(=O)CC3(C)CC4CC(C)CC(C4)C3)CC2)ccc1N. The van der Waals surface area contributed by atoms with Crippen LogP contribution in [-0.4, -0.2) is 57.2 Å². The molecular formula is C36H62N4O2. The van der Waals surface area contributed by atoms with Crippen LogP contribution in [-0.2, 0) is 4.79 Å². The number of unbranched alkanes of at least 4 members (excludes halogenated alkanes) is 9. The summed E-state index contributed by atoms with van der Waals surface area (Å²) in [7, 11) is 1.68. The van der Waals surface area contributed by atoms with Gasteiger partial charge >= 0.3 is 0 Å². The predicted octanol–water partition coefficient (Wildman–Crippen LogP) is 7.66. The smallest absolute Gasteiger partial charge is 0.220 e. The Bertz CT molecular complexity index is 926. The number of methoxy groups -OCH3 is 1. The summed E-state index contributed by atoms with van der Waals surface area (Å²) < 4.78 is 5.39. The molecule has 1 aliphatic heterocycles. The molecule has 1 aromatic carbocycles. The lowest BCUT2D eigenvalue weighted by molar-refractivity contribution is -0.124. The molecule has 0 spiro atoms. The molecule has 6 heteroatoms. The number of benzene rings is 1. The zero-order chi connectivity index (χ0) is 29.8. The van der Waals surface area contributed by atoms with E-state index in [-0.39, 0.29) is 5.41 Å². The van der Waals surface area contributed by atoms with Crippen LogP contribution in [0, 0.1) is 23.2 Å². The van der Waals surface area contributed by atoms with E-state index in [4.69, 9.17) is 10.5 Å². The summed E-state index contributed by atoms with van der Waals surface area (Å²) in [5.41, 5.74) is 8.12. The molecule has 4 rings (SSSR count). The number of rotatable bonds is 17. The first-order valence-electron chi connectivity index (χ1n) is 17.5. The third-order valence-electron chi connectivity index (χ3n) is 10.5. The molecule has 2 bridgehead atoms. The maximum atomic E-state index is 12.6. The minimum atomic E-state index is 0.238. The average molecular weight is 583 g/mol. The summed E-state index contributed by atoms with van der Waals surface area (Å²) in [6, 6.07) is 6.12. The Morgan fingerprint density at radius 1 is 0.905 bits per heavy atom. The Morgan fingerprint density at radius 2 is 1.50 bits per heavy atom. The number of carbonyl (C=O) groups excluding carboxylic acids is 1. The number of nitrogen functional groups attached to an aromatic ring is 1. The normalized spacial score (nSPS) is 26.3. The van der Waals surface area contributed by atoms with E-state index >= 15 is 0 Å². The summed E-state index contributed by atoms with van der Waals surface area (Å²) in [6.45, 7) is 11.3. The molecule has 3 aliphatic rings. The highest BCUT2D eigenvalue weighted by atomic mass is 16.5. The molecule has 3 N–H and O–H groups in total. The Labute approximate surface area is 257 Å². The van der Waals surface area contributed by atoms with Crippen LogP contribution in [0.2, 0.25) is 0 Å². The number of piperazine rings is 1. The van der Waals surface area contributed by atoms with Crippen LogP contribution < -0.4 is 20.7 Å². The highest BCUT2D eigenvalue weighted by Crippen LogP contribution is 2.51. The number of hydrogen-bond acceptors (Lipinski definition) is 5. The topological polar surface area (TPSA) is 70.8 Å². The molecular weight excluding hydrogens is 520 g/mol.